The molecule has 0 fully saturated rings. The van der Waals surface area contributed by atoms with Crippen LogP contribution < -0.4 is 0 Å². The Morgan fingerprint density at radius 1 is 0.643 bits per heavy atom. The van der Waals surface area contributed by atoms with Crippen LogP contribution in [-0.4, -0.2) is 9.38 Å². The van der Waals surface area contributed by atoms with Gasteiger partial charge in [-0.05, 0) is 86.7 Å². The van der Waals surface area contributed by atoms with Gasteiger partial charge < -0.3 is 4.40 Å². The molecule has 206 valence electrons. The lowest BCUT2D eigenvalue weighted by Crippen LogP contribution is -2.03. The van der Waals surface area contributed by atoms with E-state index in [1.807, 2.05) is 6.07 Å². The van der Waals surface area contributed by atoms with E-state index in [9.17, 15) is 5.26 Å². The Kier molecular flexibility index (Phi) is 6.06. The number of benzene rings is 4. The predicted molar refractivity (Wildman–Crippen MR) is 178 cm³/mol. The van der Waals surface area contributed by atoms with Crippen molar-refractivity contribution in [3.05, 3.63) is 107 Å². The average molecular weight is 546 g/mol. The zero-order chi connectivity index (χ0) is 29.3. The molecule has 4 aromatic carbocycles. The van der Waals surface area contributed by atoms with E-state index in [1.165, 1.54) is 49.5 Å². The lowest BCUT2D eigenvalue weighted by atomic mass is 9.81. The first-order valence-corrected chi connectivity index (χ1v) is 15.0. The highest BCUT2D eigenvalue weighted by atomic mass is 14.9. The van der Waals surface area contributed by atoms with Crippen LogP contribution in [0.2, 0.25) is 0 Å². The van der Waals surface area contributed by atoms with E-state index in [-0.39, 0.29) is 0 Å². The molecule has 0 bridgehead atoms. The maximum absolute atomic E-state index is 9.79. The van der Waals surface area contributed by atoms with Gasteiger partial charge in [0.15, 0.2) is 0 Å². The highest BCUT2D eigenvalue weighted by Gasteiger charge is 2.22. The van der Waals surface area contributed by atoms with Crippen molar-refractivity contribution in [2.45, 2.75) is 59.3 Å². The van der Waals surface area contributed by atoms with Gasteiger partial charge in [-0.25, -0.2) is 0 Å². The fraction of sp³-hybridized carbons (Fsp3) is 0.231. The summed E-state index contributed by atoms with van der Waals surface area (Å²) in [6, 6.07) is 31.3. The van der Waals surface area contributed by atoms with E-state index in [4.69, 9.17) is 4.98 Å². The Balaban J connectivity index is 1.69. The Hall–Kier alpha value is -4.68. The Bertz CT molecular complexity index is 2210. The predicted octanol–water partition coefficient (Wildman–Crippen LogP) is 10.9. The van der Waals surface area contributed by atoms with Crippen LogP contribution in [0.5, 0.6) is 0 Å². The summed E-state index contributed by atoms with van der Waals surface area (Å²) < 4.78 is 2.39. The molecule has 0 atom stereocenters. The van der Waals surface area contributed by atoms with Gasteiger partial charge in [-0.15, -0.1) is 0 Å². The van der Waals surface area contributed by atoms with Crippen molar-refractivity contribution in [2.75, 3.05) is 0 Å². The third-order valence-electron chi connectivity index (χ3n) is 8.90. The number of rotatable bonds is 4. The lowest BCUT2D eigenvalue weighted by Gasteiger charge is -2.23. The van der Waals surface area contributed by atoms with Crippen LogP contribution in [0.25, 0.3) is 60.1 Å². The Morgan fingerprint density at radius 2 is 1.29 bits per heavy atom. The van der Waals surface area contributed by atoms with Crippen LogP contribution in [0.15, 0.2) is 85.1 Å². The molecular formula is C39H35N3. The van der Waals surface area contributed by atoms with Gasteiger partial charge >= 0.3 is 0 Å². The largest absolute Gasteiger partial charge is 0.308 e. The lowest BCUT2D eigenvalue weighted by molar-refractivity contribution is 0.808. The van der Waals surface area contributed by atoms with Gasteiger partial charge in [-0.2, -0.15) is 5.26 Å². The van der Waals surface area contributed by atoms with Crippen LogP contribution in [0.3, 0.4) is 0 Å². The van der Waals surface area contributed by atoms with E-state index in [1.54, 1.807) is 6.20 Å². The zero-order valence-corrected chi connectivity index (χ0v) is 25.2. The summed E-state index contributed by atoms with van der Waals surface area (Å²) in [7, 11) is 0. The second kappa shape index (κ2) is 9.71. The highest BCUT2D eigenvalue weighted by Crippen LogP contribution is 2.44. The van der Waals surface area contributed by atoms with Crippen molar-refractivity contribution >= 4 is 49.0 Å². The molecule has 0 saturated heterocycles. The quantitative estimate of drug-likeness (QED) is 0.163. The molecule has 0 amide bonds. The van der Waals surface area contributed by atoms with E-state index in [0.717, 1.165) is 27.3 Å². The average Bonchev–Trinajstić information content (AvgIpc) is 3.39. The molecule has 3 heteroatoms. The Morgan fingerprint density at radius 3 is 1.93 bits per heavy atom. The molecule has 3 aromatic heterocycles. The van der Waals surface area contributed by atoms with E-state index in [0.29, 0.717) is 23.3 Å². The first kappa shape index (κ1) is 26.2. The van der Waals surface area contributed by atoms with Crippen LogP contribution >= 0.6 is 0 Å². The molecule has 0 spiro atoms. The van der Waals surface area contributed by atoms with Gasteiger partial charge in [-0.3, -0.25) is 4.98 Å². The number of pyridine rings is 2. The first-order chi connectivity index (χ1) is 20.3. The van der Waals surface area contributed by atoms with Gasteiger partial charge in [0.1, 0.15) is 6.07 Å². The van der Waals surface area contributed by atoms with Crippen molar-refractivity contribution in [1.82, 2.24) is 9.38 Å². The molecule has 0 N–H and O–H groups in total. The summed E-state index contributed by atoms with van der Waals surface area (Å²) in [6.07, 6.45) is 1.70. The highest BCUT2D eigenvalue weighted by molar-refractivity contribution is 6.18. The summed E-state index contributed by atoms with van der Waals surface area (Å²) in [5.41, 5.74) is 11.7. The third kappa shape index (κ3) is 3.90. The van der Waals surface area contributed by atoms with Gasteiger partial charge in [0.2, 0.25) is 0 Å². The molecule has 0 saturated carbocycles. The molecule has 0 aliphatic heterocycles. The van der Waals surface area contributed by atoms with Crippen LogP contribution in [0.1, 0.15) is 81.5 Å². The molecule has 3 nitrogen and oxygen atoms in total. The number of fused-ring (bicyclic) bond motifs is 9. The number of hydrogen-bond donors (Lipinski definition) is 0. The topological polar surface area (TPSA) is 41.1 Å². The maximum atomic E-state index is 9.79. The molecule has 7 aromatic rings. The third-order valence-corrected chi connectivity index (χ3v) is 8.90. The minimum Gasteiger partial charge on any atom is -0.308 e. The van der Waals surface area contributed by atoms with E-state index < -0.39 is 0 Å². The zero-order valence-electron chi connectivity index (χ0n) is 25.2. The van der Waals surface area contributed by atoms with Crippen LogP contribution in [0, 0.1) is 11.3 Å². The fourth-order valence-electron chi connectivity index (χ4n) is 6.71. The molecule has 0 aliphatic rings. The van der Waals surface area contributed by atoms with E-state index in [2.05, 4.69) is 125 Å². The van der Waals surface area contributed by atoms with Crippen molar-refractivity contribution in [3.8, 4) is 17.2 Å². The monoisotopic (exact) mass is 545 g/mol. The molecule has 42 heavy (non-hydrogen) atoms. The summed E-state index contributed by atoms with van der Waals surface area (Å²) in [6.45, 7) is 13.8. The number of aromatic nitrogens is 2. The van der Waals surface area contributed by atoms with Crippen molar-refractivity contribution in [2.24, 2.45) is 0 Å². The summed E-state index contributed by atoms with van der Waals surface area (Å²) in [5, 5.41) is 15.5. The molecule has 0 aliphatic carbocycles. The maximum Gasteiger partial charge on any atom is 0.101 e. The number of nitriles is 1. The molecule has 0 radical (unpaired) electrons. The van der Waals surface area contributed by atoms with Gasteiger partial charge in [0.05, 0.1) is 27.6 Å². The SMILES string of the molecule is CC(C)c1cc(C(C)C)c(-c2cccc3c2cc2c4cc(C#N)cnc4c4cc5ccccc5cc4n32)c(C(C)C)c1. The van der Waals surface area contributed by atoms with Gasteiger partial charge in [0, 0.05) is 22.4 Å². The standard InChI is InChI=1S/C39H35N3/c1-22(2)28-16-30(23(3)4)38(31(17-28)24(5)6)29-12-9-13-35-32(29)19-37-33-14-25(20-40)21-41-39(33)34-15-26-10-7-8-11-27(26)18-36(34)42(35)37/h7-19,21-24H,1-6H3. The minimum atomic E-state index is 0.388. The second-order valence-electron chi connectivity index (χ2n) is 12.6. The molecule has 3 heterocycles. The molecule has 0 unspecified atom stereocenters. The Labute approximate surface area is 247 Å². The smallest absolute Gasteiger partial charge is 0.101 e. The second-order valence-corrected chi connectivity index (χ2v) is 12.6. The van der Waals surface area contributed by atoms with Crippen LogP contribution in [-0.2, 0) is 0 Å². The van der Waals surface area contributed by atoms with Crippen LogP contribution in [0.4, 0.5) is 0 Å². The van der Waals surface area contributed by atoms with Gasteiger partial charge in [0.25, 0.3) is 0 Å². The first-order valence-electron chi connectivity index (χ1n) is 15.0. The summed E-state index contributed by atoms with van der Waals surface area (Å²) >= 11 is 0. The molecule has 7 rings (SSSR count). The van der Waals surface area contributed by atoms with Gasteiger partial charge in [-0.1, -0.05) is 90.1 Å². The van der Waals surface area contributed by atoms with Crippen molar-refractivity contribution in [1.29, 1.82) is 5.26 Å². The molecular weight excluding hydrogens is 510 g/mol. The minimum absolute atomic E-state index is 0.388. The van der Waals surface area contributed by atoms with Crippen molar-refractivity contribution < 1.29 is 0 Å². The number of nitrogens with zero attached hydrogens (tertiary/aromatic N) is 3. The number of hydrogen-bond acceptors (Lipinski definition) is 2. The van der Waals surface area contributed by atoms with Crippen molar-refractivity contribution in [3.63, 3.8) is 0 Å². The summed E-state index contributed by atoms with van der Waals surface area (Å²) in [4.78, 5) is 4.85. The van der Waals surface area contributed by atoms with E-state index >= 15 is 0 Å². The summed E-state index contributed by atoms with van der Waals surface area (Å²) in [5.74, 6) is 1.24. The fourth-order valence-corrected chi connectivity index (χ4v) is 6.71. The normalized spacial score (nSPS) is 12.2.